The van der Waals surface area contributed by atoms with Gasteiger partial charge in [0.1, 0.15) is 0 Å². The van der Waals surface area contributed by atoms with Crippen LogP contribution >= 0.6 is 0 Å². The van der Waals surface area contributed by atoms with Crippen molar-refractivity contribution in [3.05, 3.63) is 24.2 Å². The highest BCUT2D eigenvalue weighted by Crippen LogP contribution is 2.19. The Morgan fingerprint density at radius 3 is 3.00 bits per heavy atom. The number of nitrogens with one attached hydrogen (secondary N) is 1. The van der Waals surface area contributed by atoms with Gasteiger partial charge in [-0.15, -0.1) is 0 Å². The summed E-state index contributed by atoms with van der Waals surface area (Å²) in [5.41, 5.74) is 4.09. The van der Waals surface area contributed by atoms with Gasteiger partial charge in [0, 0.05) is 12.1 Å². The van der Waals surface area contributed by atoms with Gasteiger partial charge in [-0.25, -0.2) is 0 Å². The van der Waals surface area contributed by atoms with Crippen molar-refractivity contribution in [2.24, 2.45) is 0 Å². The van der Waals surface area contributed by atoms with Crippen LogP contribution in [0.5, 0.6) is 0 Å². The molecule has 13 heavy (non-hydrogen) atoms. The normalized spacial score (nSPS) is 18.2. The van der Waals surface area contributed by atoms with Gasteiger partial charge in [-0.2, -0.15) is 5.48 Å². The lowest BCUT2D eigenvalue weighted by molar-refractivity contribution is -0.0244. The first kappa shape index (κ1) is 8.78. The third-order valence-electron chi connectivity index (χ3n) is 2.41. The van der Waals surface area contributed by atoms with Gasteiger partial charge in [0.25, 0.3) is 0 Å². The van der Waals surface area contributed by atoms with E-state index in [9.17, 15) is 0 Å². The minimum Gasteiger partial charge on any atom is -0.472 e. The van der Waals surface area contributed by atoms with Crippen molar-refractivity contribution in [2.75, 3.05) is 0 Å². The van der Waals surface area contributed by atoms with Crippen LogP contribution in [-0.4, -0.2) is 6.10 Å². The average Bonchev–Trinajstić information content (AvgIpc) is 2.75. The molecule has 72 valence electrons. The second-order valence-corrected chi connectivity index (χ2v) is 3.48. The molecule has 3 nitrogen and oxygen atoms in total. The summed E-state index contributed by atoms with van der Waals surface area (Å²) in [5, 5.41) is 0. The fourth-order valence-electron chi connectivity index (χ4n) is 1.64. The van der Waals surface area contributed by atoms with Gasteiger partial charge >= 0.3 is 0 Å². The Hall–Kier alpha value is -0.800. The SMILES string of the molecule is c1cc(CNOC2CCCC2)co1. The van der Waals surface area contributed by atoms with E-state index in [0.717, 1.165) is 12.1 Å². The van der Waals surface area contributed by atoms with E-state index in [1.54, 1.807) is 12.5 Å². The lowest BCUT2D eigenvalue weighted by atomic mass is 10.3. The molecule has 1 fully saturated rings. The molecule has 1 aliphatic rings. The highest BCUT2D eigenvalue weighted by molar-refractivity contribution is 5.03. The Kier molecular flexibility index (Phi) is 3.00. The molecule has 0 saturated heterocycles. The van der Waals surface area contributed by atoms with Gasteiger partial charge in [0.05, 0.1) is 18.6 Å². The summed E-state index contributed by atoms with van der Waals surface area (Å²) < 4.78 is 4.94. The lowest BCUT2D eigenvalue weighted by Crippen LogP contribution is -2.20. The van der Waals surface area contributed by atoms with Crippen molar-refractivity contribution < 1.29 is 9.25 Å². The first-order valence-corrected chi connectivity index (χ1v) is 4.85. The number of hydrogen-bond donors (Lipinski definition) is 1. The van der Waals surface area contributed by atoms with Crippen LogP contribution in [0.25, 0.3) is 0 Å². The quantitative estimate of drug-likeness (QED) is 0.723. The molecule has 0 radical (unpaired) electrons. The van der Waals surface area contributed by atoms with Gasteiger partial charge in [0.2, 0.25) is 0 Å². The van der Waals surface area contributed by atoms with E-state index in [2.05, 4.69) is 5.48 Å². The highest BCUT2D eigenvalue weighted by atomic mass is 16.7. The van der Waals surface area contributed by atoms with Gasteiger partial charge in [-0.1, -0.05) is 12.8 Å². The molecule has 2 rings (SSSR count). The molecule has 0 amide bonds. The van der Waals surface area contributed by atoms with Crippen LogP contribution in [0.2, 0.25) is 0 Å². The van der Waals surface area contributed by atoms with E-state index in [1.807, 2.05) is 6.07 Å². The molecule has 1 aromatic heterocycles. The van der Waals surface area contributed by atoms with Crippen molar-refractivity contribution in [1.29, 1.82) is 0 Å². The molecule has 0 aromatic carbocycles. The topological polar surface area (TPSA) is 34.4 Å². The fourth-order valence-corrected chi connectivity index (χ4v) is 1.64. The Balaban J connectivity index is 1.63. The predicted molar refractivity (Wildman–Crippen MR) is 48.9 cm³/mol. The molecule has 0 unspecified atom stereocenters. The Morgan fingerprint density at radius 2 is 2.31 bits per heavy atom. The summed E-state index contributed by atoms with van der Waals surface area (Å²) in [6.07, 6.45) is 8.82. The Labute approximate surface area is 78.0 Å². The zero-order chi connectivity index (χ0) is 8.93. The zero-order valence-electron chi connectivity index (χ0n) is 7.66. The molecule has 0 aliphatic heterocycles. The maximum absolute atomic E-state index is 5.48. The van der Waals surface area contributed by atoms with Crippen molar-refractivity contribution in [2.45, 2.75) is 38.3 Å². The summed E-state index contributed by atoms with van der Waals surface area (Å²) in [6.45, 7) is 0.729. The summed E-state index contributed by atoms with van der Waals surface area (Å²) >= 11 is 0. The van der Waals surface area contributed by atoms with Crippen LogP contribution in [0.1, 0.15) is 31.2 Å². The van der Waals surface area contributed by atoms with Crippen molar-refractivity contribution in [1.82, 2.24) is 5.48 Å². The molecule has 0 spiro atoms. The van der Waals surface area contributed by atoms with Gasteiger partial charge < -0.3 is 4.42 Å². The number of furan rings is 1. The molecular formula is C10H15NO2. The van der Waals surface area contributed by atoms with Gasteiger partial charge in [-0.05, 0) is 18.9 Å². The van der Waals surface area contributed by atoms with Crippen LogP contribution in [0, 0.1) is 0 Å². The summed E-state index contributed by atoms with van der Waals surface area (Å²) in [5.74, 6) is 0. The first-order chi connectivity index (χ1) is 6.45. The Bertz CT molecular complexity index is 227. The minimum absolute atomic E-state index is 0.423. The van der Waals surface area contributed by atoms with Crippen molar-refractivity contribution >= 4 is 0 Å². The largest absolute Gasteiger partial charge is 0.472 e. The molecule has 1 saturated carbocycles. The summed E-state index contributed by atoms with van der Waals surface area (Å²) in [4.78, 5) is 5.48. The maximum atomic E-state index is 5.48. The lowest BCUT2D eigenvalue weighted by Gasteiger charge is -2.10. The smallest absolute Gasteiger partial charge is 0.0948 e. The minimum atomic E-state index is 0.423. The van der Waals surface area contributed by atoms with E-state index in [0.29, 0.717) is 6.10 Å². The first-order valence-electron chi connectivity index (χ1n) is 4.85. The van der Waals surface area contributed by atoms with E-state index < -0.39 is 0 Å². The molecule has 1 heterocycles. The van der Waals surface area contributed by atoms with Crippen LogP contribution in [0.3, 0.4) is 0 Å². The molecule has 1 aliphatic carbocycles. The summed E-state index contributed by atoms with van der Waals surface area (Å²) in [7, 11) is 0. The standard InChI is InChI=1S/C10H15NO2/c1-2-4-10(3-1)13-11-7-9-5-6-12-8-9/h5-6,8,10-11H,1-4,7H2. The fraction of sp³-hybridized carbons (Fsp3) is 0.600. The number of hydroxylamine groups is 1. The van der Waals surface area contributed by atoms with E-state index in [-0.39, 0.29) is 0 Å². The van der Waals surface area contributed by atoms with Gasteiger partial charge in [-0.3, -0.25) is 4.84 Å². The second kappa shape index (κ2) is 4.44. The van der Waals surface area contributed by atoms with Crippen LogP contribution < -0.4 is 5.48 Å². The third kappa shape index (κ3) is 2.57. The van der Waals surface area contributed by atoms with Crippen LogP contribution in [-0.2, 0) is 11.4 Å². The van der Waals surface area contributed by atoms with Crippen molar-refractivity contribution in [3.63, 3.8) is 0 Å². The zero-order valence-corrected chi connectivity index (χ0v) is 7.66. The van der Waals surface area contributed by atoms with Crippen LogP contribution in [0.15, 0.2) is 23.0 Å². The van der Waals surface area contributed by atoms with Crippen LogP contribution in [0.4, 0.5) is 0 Å². The molecule has 1 N–H and O–H groups in total. The molecule has 1 aromatic rings. The van der Waals surface area contributed by atoms with E-state index >= 15 is 0 Å². The third-order valence-corrected chi connectivity index (χ3v) is 2.41. The van der Waals surface area contributed by atoms with E-state index in [4.69, 9.17) is 9.25 Å². The molecule has 0 atom stereocenters. The highest BCUT2D eigenvalue weighted by Gasteiger charge is 2.15. The second-order valence-electron chi connectivity index (χ2n) is 3.48. The Morgan fingerprint density at radius 1 is 1.46 bits per heavy atom. The monoisotopic (exact) mass is 181 g/mol. The molecular weight excluding hydrogens is 166 g/mol. The molecule has 3 heteroatoms. The van der Waals surface area contributed by atoms with Gasteiger partial charge in [0.15, 0.2) is 0 Å². The summed E-state index contributed by atoms with van der Waals surface area (Å²) in [6, 6.07) is 1.94. The number of rotatable bonds is 4. The average molecular weight is 181 g/mol. The van der Waals surface area contributed by atoms with E-state index in [1.165, 1.54) is 25.7 Å². The molecule has 0 bridgehead atoms. The van der Waals surface area contributed by atoms with Crippen molar-refractivity contribution in [3.8, 4) is 0 Å². The maximum Gasteiger partial charge on any atom is 0.0948 e. The number of hydrogen-bond acceptors (Lipinski definition) is 3. The predicted octanol–water partition coefficient (Wildman–Crippen LogP) is 2.24.